The van der Waals surface area contributed by atoms with Crippen molar-refractivity contribution in [1.29, 1.82) is 0 Å². The third kappa shape index (κ3) is 3.45. The number of Topliss-reactive ketones (excluding diaryl/α,β-unsaturated/α-hetero) is 1. The van der Waals surface area contributed by atoms with Crippen molar-refractivity contribution in [2.75, 3.05) is 36.0 Å². The van der Waals surface area contributed by atoms with Gasteiger partial charge in [-0.25, -0.2) is 19.9 Å². The van der Waals surface area contributed by atoms with Crippen LogP contribution < -0.4 is 9.80 Å². The summed E-state index contributed by atoms with van der Waals surface area (Å²) in [6.07, 6.45) is 6.14. The predicted molar refractivity (Wildman–Crippen MR) is 112 cm³/mol. The second-order valence-electron chi connectivity index (χ2n) is 7.64. The average molecular weight is 402 g/mol. The molecule has 1 N–H and O–H groups in total. The maximum Gasteiger partial charge on any atom is 0.225 e. The smallest absolute Gasteiger partial charge is 0.225 e. The average Bonchev–Trinajstić information content (AvgIpc) is 2.80. The lowest BCUT2D eigenvalue weighted by Gasteiger charge is -2.35. The van der Waals surface area contributed by atoms with Crippen LogP contribution in [-0.4, -0.2) is 57.0 Å². The highest BCUT2D eigenvalue weighted by Crippen LogP contribution is 2.36. The predicted octanol–water partition coefficient (Wildman–Crippen LogP) is 2.21. The summed E-state index contributed by atoms with van der Waals surface area (Å²) < 4.78 is 0. The highest BCUT2D eigenvalue weighted by Gasteiger charge is 2.30. The van der Waals surface area contributed by atoms with E-state index in [0.29, 0.717) is 24.4 Å². The Kier molecular flexibility index (Phi) is 4.74. The molecule has 30 heavy (non-hydrogen) atoms. The lowest BCUT2D eigenvalue weighted by Crippen LogP contribution is -2.47. The molecule has 3 aromatic rings. The van der Waals surface area contributed by atoms with Crippen LogP contribution in [0.15, 0.2) is 48.9 Å². The van der Waals surface area contributed by atoms with Crippen LogP contribution in [0, 0.1) is 0 Å². The van der Waals surface area contributed by atoms with Gasteiger partial charge in [-0.15, -0.1) is 0 Å². The van der Waals surface area contributed by atoms with E-state index in [1.807, 2.05) is 18.2 Å². The lowest BCUT2D eigenvalue weighted by atomic mass is 9.82. The number of para-hydroxylation sites is 1. The molecule has 0 saturated carbocycles. The fraction of sp³-hybridized carbons (Fsp3) is 0.318. The Morgan fingerprint density at radius 2 is 1.57 bits per heavy atom. The Morgan fingerprint density at radius 3 is 2.30 bits per heavy atom. The first-order valence-electron chi connectivity index (χ1n) is 10.1. The van der Waals surface area contributed by atoms with Gasteiger partial charge in [0.25, 0.3) is 0 Å². The van der Waals surface area contributed by atoms with Crippen molar-refractivity contribution in [2.24, 2.45) is 0 Å². The fourth-order valence-electron chi connectivity index (χ4n) is 4.20. The van der Waals surface area contributed by atoms with Gasteiger partial charge in [0, 0.05) is 57.1 Å². The number of aromatic hydroxyl groups is 1. The summed E-state index contributed by atoms with van der Waals surface area (Å²) in [6, 6.07) is 9.03. The van der Waals surface area contributed by atoms with Gasteiger partial charge in [-0.05, 0) is 24.1 Å². The zero-order chi connectivity index (χ0) is 20.5. The molecule has 8 nitrogen and oxygen atoms in total. The molecule has 0 radical (unpaired) electrons. The summed E-state index contributed by atoms with van der Waals surface area (Å²) >= 11 is 0. The molecule has 1 aliphatic carbocycles. The third-order valence-corrected chi connectivity index (χ3v) is 5.80. The monoisotopic (exact) mass is 402 g/mol. The quantitative estimate of drug-likeness (QED) is 0.713. The lowest BCUT2D eigenvalue weighted by molar-refractivity contribution is 0.0962. The molecular formula is C22H22N6O2. The second-order valence-corrected chi connectivity index (χ2v) is 7.64. The number of ketones is 1. The van der Waals surface area contributed by atoms with E-state index in [-0.39, 0.29) is 17.5 Å². The first-order valence-corrected chi connectivity index (χ1v) is 10.1. The van der Waals surface area contributed by atoms with E-state index >= 15 is 0 Å². The number of benzene rings is 1. The molecule has 2 aromatic heterocycles. The molecule has 1 unspecified atom stereocenters. The molecule has 1 fully saturated rings. The molecule has 3 heterocycles. The van der Waals surface area contributed by atoms with E-state index in [2.05, 4.69) is 24.8 Å². The Balaban J connectivity index is 1.34. The summed E-state index contributed by atoms with van der Waals surface area (Å²) in [6.45, 7) is 3.08. The molecule has 152 valence electrons. The van der Waals surface area contributed by atoms with Crippen LogP contribution in [0.4, 0.5) is 11.9 Å². The SMILES string of the molecule is O=C1CC(c2ccccc2O)Cc2nc(N3CCN(c4ncccn4)CC3)ncc21. The number of phenolic OH excluding ortho intramolecular Hbond substituents is 1. The Hall–Kier alpha value is -3.55. The van der Waals surface area contributed by atoms with Gasteiger partial charge < -0.3 is 14.9 Å². The molecule has 0 spiro atoms. The van der Waals surface area contributed by atoms with Crippen LogP contribution in [0.5, 0.6) is 5.75 Å². The van der Waals surface area contributed by atoms with E-state index in [9.17, 15) is 9.90 Å². The summed E-state index contributed by atoms with van der Waals surface area (Å²) in [7, 11) is 0. The van der Waals surface area contributed by atoms with Crippen molar-refractivity contribution in [2.45, 2.75) is 18.8 Å². The van der Waals surface area contributed by atoms with Crippen LogP contribution >= 0.6 is 0 Å². The van der Waals surface area contributed by atoms with Crippen molar-refractivity contribution in [1.82, 2.24) is 19.9 Å². The van der Waals surface area contributed by atoms with Crippen molar-refractivity contribution < 1.29 is 9.90 Å². The van der Waals surface area contributed by atoms with Crippen LogP contribution in [0.1, 0.15) is 34.0 Å². The number of aromatic nitrogens is 4. The van der Waals surface area contributed by atoms with Crippen LogP contribution in [0.3, 0.4) is 0 Å². The molecule has 8 heteroatoms. The maximum absolute atomic E-state index is 12.7. The van der Waals surface area contributed by atoms with Crippen molar-refractivity contribution in [3.8, 4) is 5.75 Å². The Labute approximate surface area is 174 Å². The number of nitrogens with zero attached hydrogens (tertiary/aromatic N) is 6. The van der Waals surface area contributed by atoms with Crippen LogP contribution in [-0.2, 0) is 6.42 Å². The number of anilines is 2. The second kappa shape index (κ2) is 7.70. The minimum atomic E-state index is -0.0685. The summed E-state index contributed by atoms with van der Waals surface area (Å²) in [5, 5.41) is 10.2. The van der Waals surface area contributed by atoms with Gasteiger partial charge in [0.15, 0.2) is 5.78 Å². The molecule has 0 amide bonds. The highest BCUT2D eigenvalue weighted by atomic mass is 16.3. The van der Waals surface area contributed by atoms with Gasteiger partial charge in [0.05, 0.1) is 11.3 Å². The zero-order valence-electron chi connectivity index (χ0n) is 16.5. The number of fused-ring (bicyclic) bond motifs is 1. The number of phenols is 1. The first-order chi connectivity index (χ1) is 14.7. The number of piperazine rings is 1. The summed E-state index contributed by atoms with van der Waals surface area (Å²) in [4.78, 5) is 34.8. The molecule has 0 bridgehead atoms. The topological polar surface area (TPSA) is 95.3 Å². The highest BCUT2D eigenvalue weighted by molar-refractivity contribution is 5.98. The summed E-state index contributed by atoms with van der Waals surface area (Å²) in [5.41, 5.74) is 2.16. The Bertz CT molecular complexity index is 1070. The Morgan fingerprint density at radius 1 is 0.867 bits per heavy atom. The molecule has 1 aliphatic heterocycles. The third-order valence-electron chi connectivity index (χ3n) is 5.80. The zero-order valence-corrected chi connectivity index (χ0v) is 16.5. The maximum atomic E-state index is 12.7. The van der Waals surface area contributed by atoms with Gasteiger partial charge in [-0.1, -0.05) is 18.2 Å². The van der Waals surface area contributed by atoms with Gasteiger partial charge in [0.1, 0.15) is 5.75 Å². The van der Waals surface area contributed by atoms with E-state index in [1.54, 1.807) is 30.7 Å². The standard InChI is InChI=1S/C22H22N6O2/c29-19-5-2-1-4-16(19)15-12-18-17(20(30)13-15)14-25-22(26-18)28-10-8-27(9-11-28)21-23-6-3-7-24-21/h1-7,14-15,29H,8-13H2. The fourth-order valence-corrected chi connectivity index (χ4v) is 4.20. The van der Waals surface area contributed by atoms with Crippen molar-refractivity contribution in [3.05, 3.63) is 65.7 Å². The normalized spacial score (nSPS) is 18.9. The first kappa shape index (κ1) is 18.5. The van der Waals surface area contributed by atoms with E-state index in [1.165, 1.54) is 0 Å². The molecule has 1 saturated heterocycles. The molecular weight excluding hydrogens is 380 g/mol. The van der Waals surface area contributed by atoms with E-state index in [4.69, 9.17) is 4.98 Å². The number of hydrogen-bond donors (Lipinski definition) is 1. The number of hydrogen-bond acceptors (Lipinski definition) is 8. The van der Waals surface area contributed by atoms with Crippen molar-refractivity contribution >= 4 is 17.7 Å². The van der Waals surface area contributed by atoms with Gasteiger partial charge in [-0.2, -0.15) is 0 Å². The number of carbonyl (C=O) groups is 1. The van der Waals surface area contributed by atoms with Crippen LogP contribution in [0.25, 0.3) is 0 Å². The summed E-state index contributed by atoms with van der Waals surface area (Å²) in [5.74, 6) is 1.57. The molecule has 2 aliphatic rings. The number of carbonyl (C=O) groups excluding carboxylic acids is 1. The van der Waals surface area contributed by atoms with Crippen molar-refractivity contribution in [3.63, 3.8) is 0 Å². The minimum absolute atomic E-state index is 0.0297. The largest absolute Gasteiger partial charge is 0.508 e. The molecule has 1 atom stereocenters. The van der Waals surface area contributed by atoms with Gasteiger partial charge >= 0.3 is 0 Å². The van der Waals surface area contributed by atoms with Gasteiger partial charge in [0.2, 0.25) is 11.9 Å². The van der Waals surface area contributed by atoms with Crippen LogP contribution in [0.2, 0.25) is 0 Å². The molecule has 5 rings (SSSR count). The van der Waals surface area contributed by atoms with Gasteiger partial charge in [-0.3, -0.25) is 4.79 Å². The van der Waals surface area contributed by atoms with E-state index < -0.39 is 0 Å². The number of rotatable bonds is 3. The van der Waals surface area contributed by atoms with E-state index in [0.717, 1.165) is 43.4 Å². The minimum Gasteiger partial charge on any atom is -0.508 e. The molecule has 1 aromatic carbocycles.